The predicted octanol–water partition coefficient (Wildman–Crippen LogP) is 3.62. The molecule has 1 heterocycles. The molecular weight excluding hydrogens is 378 g/mol. The first-order valence-electron chi connectivity index (χ1n) is 8.87. The molecule has 0 fully saturated rings. The van der Waals surface area contributed by atoms with Gasteiger partial charge in [0.2, 0.25) is 0 Å². The molecule has 28 heavy (non-hydrogen) atoms. The van der Waals surface area contributed by atoms with Crippen LogP contribution in [0.2, 0.25) is 5.02 Å². The second kappa shape index (κ2) is 8.67. The van der Waals surface area contributed by atoms with Crippen LogP contribution in [0.15, 0.2) is 48.5 Å². The predicted molar refractivity (Wildman–Crippen MR) is 108 cm³/mol. The Morgan fingerprint density at radius 1 is 1.07 bits per heavy atom. The zero-order chi connectivity index (χ0) is 20.1. The lowest BCUT2D eigenvalue weighted by molar-refractivity contribution is 0.0952. The molecular formula is C20H20ClN5O2. The number of hydrogen-bond acceptors (Lipinski definition) is 4. The van der Waals surface area contributed by atoms with Crippen LogP contribution in [0.4, 0.5) is 5.69 Å². The maximum Gasteiger partial charge on any atom is 0.278 e. The van der Waals surface area contributed by atoms with Crippen LogP contribution in [0.3, 0.4) is 0 Å². The molecule has 3 rings (SSSR count). The lowest BCUT2D eigenvalue weighted by Gasteiger charge is -2.07. The fourth-order valence-corrected chi connectivity index (χ4v) is 2.76. The number of anilines is 1. The summed E-state index contributed by atoms with van der Waals surface area (Å²) in [4.78, 5) is 26.1. The fourth-order valence-electron chi connectivity index (χ4n) is 2.57. The van der Waals surface area contributed by atoms with E-state index in [0.717, 1.165) is 6.42 Å². The molecule has 0 unspecified atom stereocenters. The average Bonchev–Trinajstić information content (AvgIpc) is 3.08. The lowest BCUT2D eigenvalue weighted by Crippen LogP contribution is -2.24. The van der Waals surface area contributed by atoms with Crippen molar-refractivity contribution >= 4 is 29.1 Å². The Balaban J connectivity index is 1.78. The van der Waals surface area contributed by atoms with Crippen LogP contribution in [0.1, 0.15) is 39.9 Å². The Morgan fingerprint density at radius 3 is 2.61 bits per heavy atom. The molecule has 0 aliphatic rings. The highest BCUT2D eigenvalue weighted by Crippen LogP contribution is 2.16. The number of aromatic nitrogens is 3. The van der Waals surface area contributed by atoms with Crippen molar-refractivity contribution in [3.8, 4) is 5.69 Å². The third-order valence-electron chi connectivity index (χ3n) is 3.95. The maximum atomic E-state index is 12.6. The van der Waals surface area contributed by atoms with E-state index in [0.29, 0.717) is 34.2 Å². The first-order chi connectivity index (χ1) is 13.5. The summed E-state index contributed by atoms with van der Waals surface area (Å²) in [5.41, 5.74) is 2.32. The molecule has 144 valence electrons. The first kappa shape index (κ1) is 19.6. The number of carbonyl (C=O) groups is 2. The topological polar surface area (TPSA) is 88.9 Å². The summed E-state index contributed by atoms with van der Waals surface area (Å²) in [7, 11) is 0. The Labute approximate surface area is 167 Å². The van der Waals surface area contributed by atoms with E-state index in [4.69, 9.17) is 11.6 Å². The first-order valence-corrected chi connectivity index (χ1v) is 9.25. The molecule has 0 spiro atoms. The number of carbonyl (C=O) groups excluding carboxylic acids is 2. The van der Waals surface area contributed by atoms with Gasteiger partial charge in [-0.05, 0) is 49.7 Å². The molecule has 0 aliphatic carbocycles. The van der Waals surface area contributed by atoms with Gasteiger partial charge in [0, 0.05) is 22.8 Å². The van der Waals surface area contributed by atoms with E-state index in [9.17, 15) is 9.59 Å². The molecule has 1 aromatic heterocycles. The number of benzene rings is 2. The van der Waals surface area contributed by atoms with Crippen LogP contribution in [0.25, 0.3) is 5.69 Å². The van der Waals surface area contributed by atoms with E-state index in [1.165, 1.54) is 4.80 Å². The summed E-state index contributed by atoms with van der Waals surface area (Å²) < 4.78 is 0. The minimum atomic E-state index is -0.406. The quantitative estimate of drug-likeness (QED) is 0.664. The molecule has 2 amide bonds. The SMILES string of the molecule is CCCNC(=O)c1cccc(NC(=O)c2nn(-c3cccc(Cl)c3)nc2C)c1. The Bertz CT molecular complexity index is 1020. The summed E-state index contributed by atoms with van der Waals surface area (Å²) in [5, 5.41) is 14.7. The third-order valence-corrected chi connectivity index (χ3v) is 4.19. The Morgan fingerprint density at radius 2 is 1.86 bits per heavy atom. The van der Waals surface area contributed by atoms with Gasteiger partial charge in [-0.2, -0.15) is 9.90 Å². The van der Waals surface area contributed by atoms with Crippen molar-refractivity contribution in [3.63, 3.8) is 0 Å². The molecule has 0 saturated heterocycles. The fraction of sp³-hybridized carbons (Fsp3) is 0.200. The Hall–Kier alpha value is -3.19. The standard InChI is InChI=1S/C20H20ClN5O2/c1-3-10-22-19(27)14-6-4-8-16(11-14)23-20(28)18-13(2)24-26(25-18)17-9-5-7-15(21)12-17/h4-9,11-12H,3,10H2,1-2H3,(H,22,27)(H,23,28). The van der Waals surface area contributed by atoms with Crippen molar-refractivity contribution in [1.82, 2.24) is 20.3 Å². The number of aryl methyl sites for hydroxylation is 1. The highest BCUT2D eigenvalue weighted by atomic mass is 35.5. The summed E-state index contributed by atoms with van der Waals surface area (Å²) >= 11 is 6.00. The van der Waals surface area contributed by atoms with Gasteiger partial charge in [-0.15, -0.1) is 5.10 Å². The van der Waals surface area contributed by atoms with Crippen LogP contribution < -0.4 is 10.6 Å². The van der Waals surface area contributed by atoms with Crippen LogP contribution >= 0.6 is 11.6 Å². The highest BCUT2D eigenvalue weighted by molar-refractivity contribution is 6.30. The monoisotopic (exact) mass is 397 g/mol. The van der Waals surface area contributed by atoms with Gasteiger partial charge >= 0.3 is 0 Å². The summed E-state index contributed by atoms with van der Waals surface area (Å²) in [5.74, 6) is -0.585. The van der Waals surface area contributed by atoms with Gasteiger partial charge in [0.25, 0.3) is 11.8 Å². The summed E-state index contributed by atoms with van der Waals surface area (Å²) in [6, 6.07) is 13.8. The van der Waals surface area contributed by atoms with Crippen LogP contribution in [0, 0.1) is 6.92 Å². The molecule has 3 aromatic rings. The van der Waals surface area contributed by atoms with E-state index >= 15 is 0 Å². The van der Waals surface area contributed by atoms with E-state index in [1.54, 1.807) is 55.5 Å². The molecule has 0 radical (unpaired) electrons. The van der Waals surface area contributed by atoms with Gasteiger partial charge in [-0.3, -0.25) is 9.59 Å². The van der Waals surface area contributed by atoms with E-state index < -0.39 is 5.91 Å². The maximum absolute atomic E-state index is 12.6. The van der Waals surface area contributed by atoms with Gasteiger partial charge in [-0.1, -0.05) is 30.7 Å². The number of amides is 2. The molecule has 0 aliphatic heterocycles. The molecule has 7 nitrogen and oxygen atoms in total. The van der Waals surface area contributed by atoms with Gasteiger partial charge in [0.1, 0.15) is 0 Å². The Kier molecular flexibility index (Phi) is 6.06. The van der Waals surface area contributed by atoms with Crippen molar-refractivity contribution < 1.29 is 9.59 Å². The third kappa shape index (κ3) is 4.55. The molecule has 0 saturated carbocycles. The van der Waals surface area contributed by atoms with E-state index in [2.05, 4.69) is 20.8 Å². The van der Waals surface area contributed by atoms with Gasteiger partial charge < -0.3 is 10.6 Å². The molecule has 0 bridgehead atoms. The van der Waals surface area contributed by atoms with Crippen molar-refractivity contribution in [1.29, 1.82) is 0 Å². The number of nitrogens with one attached hydrogen (secondary N) is 2. The smallest absolute Gasteiger partial charge is 0.278 e. The minimum absolute atomic E-state index is 0.180. The number of hydrogen-bond donors (Lipinski definition) is 2. The zero-order valence-electron chi connectivity index (χ0n) is 15.6. The highest BCUT2D eigenvalue weighted by Gasteiger charge is 2.17. The van der Waals surface area contributed by atoms with Crippen molar-refractivity contribution in [2.45, 2.75) is 20.3 Å². The van der Waals surface area contributed by atoms with Crippen molar-refractivity contribution in [2.75, 3.05) is 11.9 Å². The molecule has 0 atom stereocenters. The second-order valence-corrected chi connectivity index (χ2v) is 6.63. The van der Waals surface area contributed by atoms with Crippen LogP contribution in [0.5, 0.6) is 0 Å². The molecule has 8 heteroatoms. The largest absolute Gasteiger partial charge is 0.352 e. The van der Waals surface area contributed by atoms with Crippen molar-refractivity contribution in [2.24, 2.45) is 0 Å². The molecule has 2 aromatic carbocycles. The number of halogens is 1. The lowest BCUT2D eigenvalue weighted by atomic mass is 10.2. The van der Waals surface area contributed by atoms with Gasteiger partial charge in [0.05, 0.1) is 11.4 Å². The summed E-state index contributed by atoms with van der Waals surface area (Å²) in [6.07, 6.45) is 0.851. The number of rotatable bonds is 6. The van der Waals surface area contributed by atoms with E-state index in [1.807, 2.05) is 6.92 Å². The van der Waals surface area contributed by atoms with Gasteiger partial charge in [-0.25, -0.2) is 0 Å². The van der Waals surface area contributed by atoms with Crippen molar-refractivity contribution in [3.05, 3.63) is 70.5 Å². The summed E-state index contributed by atoms with van der Waals surface area (Å²) in [6.45, 7) is 4.29. The minimum Gasteiger partial charge on any atom is -0.352 e. The second-order valence-electron chi connectivity index (χ2n) is 6.19. The van der Waals surface area contributed by atoms with Crippen LogP contribution in [-0.2, 0) is 0 Å². The molecule has 2 N–H and O–H groups in total. The van der Waals surface area contributed by atoms with Gasteiger partial charge in [0.15, 0.2) is 5.69 Å². The van der Waals surface area contributed by atoms with Crippen LogP contribution in [-0.4, -0.2) is 33.4 Å². The normalized spacial score (nSPS) is 10.5. The number of nitrogens with zero attached hydrogens (tertiary/aromatic N) is 3. The van der Waals surface area contributed by atoms with E-state index in [-0.39, 0.29) is 11.6 Å². The average molecular weight is 398 g/mol. The zero-order valence-corrected chi connectivity index (χ0v) is 16.3.